The molecule has 20 heavy (non-hydrogen) atoms. The zero-order chi connectivity index (χ0) is 14.7. The summed E-state index contributed by atoms with van der Waals surface area (Å²) in [6.45, 7) is 0.966. The van der Waals surface area contributed by atoms with Crippen molar-refractivity contribution in [1.29, 1.82) is 0 Å². The molecule has 2 unspecified atom stereocenters. The summed E-state index contributed by atoms with van der Waals surface area (Å²) in [4.78, 5) is 25.6. The Morgan fingerprint density at radius 1 is 1.00 bits per heavy atom. The number of rotatable bonds is 4. The molecule has 1 saturated carbocycles. The van der Waals surface area contributed by atoms with E-state index >= 15 is 0 Å². The zero-order valence-corrected chi connectivity index (χ0v) is 12.1. The molecule has 0 spiro atoms. The second-order valence-corrected chi connectivity index (χ2v) is 5.63. The summed E-state index contributed by atoms with van der Waals surface area (Å²) in [7, 11) is 3.21. The first kappa shape index (κ1) is 15.3. The Kier molecular flexibility index (Phi) is 4.99. The molecule has 1 heterocycles. The Hall–Kier alpha value is -1.14. The molecule has 6 heteroatoms. The van der Waals surface area contributed by atoms with Crippen LogP contribution < -0.4 is 0 Å². The number of hydrogen-bond donors (Lipinski definition) is 1. The second-order valence-electron chi connectivity index (χ2n) is 5.63. The number of carboxylic acid groups (broad SMARTS) is 1. The van der Waals surface area contributed by atoms with Crippen LogP contribution in [0, 0.1) is 11.8 Å². The number of nitrogens with zero attached hydrogens (tertiary/aromatic N) is 1. The molecular formula is C14H23NO5. The first-order chi connectivity index (χ1) is 9.58. The molecule has 1 aliphatic heterocycles. The minimum atomic E-state index is -0.853. The molecule has 0 aromatic rings. The number of ether oxygens (including phenoxy) is 2. The minimum Gasteiger partial charge on any atom is -0.481 e. The minimum absolute atomic E-state index is 0.0568. The maximum absolute atomic E-state index is 12.6. The van der Waals surface area contributed by atoms with E-state index in [1.165, 1.54) is 0 Å². The number of carbonyl (C=O) groups is 2. The first-order valence-electron chi connectivity index (χ1n) is 7.15. The second kappa shape index (κ2) is 6.54. The number of carbonyl (C=O) groups excluding carboxylic acids is 1. The van der Waals surface area contributed by atoms with Gasteiger partial charge in [0.05, 0.1) is 11.8 Å². The van der Waals surface area contributed by atoms with Gasteiger partial charge in [0.15, 0.2) is 0 Å². The largest absolute Gasteiger partial charge is 0.481 e. The smallest absolute Gasteiger partial charge is 0.307 e. The fraction of sp³-hybridized carbons (Fsp3) is 0.857. The van der Waals surface area contributed by atoms with Crippen LogP contribution in [-0.4, -0.2) is 61.4 Å². The van der Waals surface area contributed by atoms with Gasteiger partial charge >= 0.3 is 5.97 Å². The van der Waals surface area contributed by atoms with Crippen LogP contribution in [0.2, 0.25) is 0 Å². The van der Waals surface area contributed by atoms with E-state index in [0.717, 1.165) is 12.8 Å². The van der Waals surface area contributed by atoms with Gasteiger partial charge in [-0.1, -0.05) is 12.8 Å². The van der Waals surface area contributed by atoms with Gasteiger partial charge in [-0.05, 0) is 12.8 Å². The lowest BCUT2D eigenvalue weighted by Crippen LogP contribution is -2.42. The lowest BCUT2D eigenvalue weighted by Gasteiger charge is -2.30. The van der Waals surface area contributed by atoms with E-state index in [-0.39, 0.29) is 18.1 Å². The molecule has 6 nitrogen and oxygen atoms in total. The summed E-state index contributed by atoms with van der Waals surface area (Å²) < 4.78 is 10.6. The molecule has 1 saturated heterocycles. The number of carboxylic acids is 1. The molecule has 1 aliphatic carbocycles. The van der Waals surface area contributed by atoms with E-state index < -0.39 is 17.8 Å². The number of methoxy groups -OCH3 is 2. The number of likely N-dealkylation sites (tertiary alicyclic amines) is 1. The van der Waals surface area contributed by atoms with Crippen molar-refractivity contribution in [2.75, 3.05) is 27.3 Å². The molecule has 2 aliphatic rings. The summed E-state index contributed by atoms with van der Waals surface area (Å²) in [6.07, 6.45) is 2.83. The van der Waals surface area contributed by atoms with Crippen LogP contribution in [-0.2, 0) is 19.1 Å². The van der Waals surface area contributed by atoms with Crippen LogP contribution in [0.1, 0.15) is 25.7 Å². The van der Waals surface area contributed by atoms with Gasteiger partial charge in [0.25, 0.3) is 0 Å². The standard InChI is InChI=1S/C14H23NO5/c1-19-11-7-15(8-12(11)20-2)13(16)9-5-3-4-6-10(9)14(17)18/h9-12H,3-8H2,1-2H3,(H,17,18)/t9-,10+,11?,12?/m1/s1. The number of hydrogen-bond acceptors (Lipinski definition) is 4. The lowest BCUT2D eigenvalue weighted by atomic mass is 9.78. The van der Waals surface area contributed by atoms with Crippen molar-refractivity contribution in [3.63, 3.8) is 0 Å². The van der Waals surface area contributed by atoms with Gasteiger partial charge in [-0.15, -0.1) is 0 Å². The van der Waals surface area contributed by atoms with Gasteiger partial charge < -0.3 is 19.5 Å². The van der Waals surface area contributed by atoms with Crippen molar-refractivity contribution in [2.24, 2.45) is 11.8 Å². The fourth-order valence-corrected chi connectivity index (χ4v) is 3.33. The Morgan fingerprint density at radius 3 is 1.95 bits per heavy atom. The Balaban J connectivity index is 2.05. The molecule has 1 amide bonds. The molecule has 4 atom stereocenters. The quantitative estimate of drug-likeness (QED) is 0.825. The third-order valence-corrected chi connectivity index (χ3v) is 4.53. The van der Waals surface area contributed by atoms with Crippen molar-refractivity contribution < 1.29 is 24.2 Å². The van der Waals surface area contributed by atoms with E-state index in [9.17, 15) is 14.7 Å². The highest BCUT2D eigenvalue weighted by molar-refractivity contribution is 5.85. The van der Waals surface area contributed by atoms with Crippen molar-refractivity contribution >= 4 is 11.9 Å². The van der Waals surface area contributed by atoms with E-state index in [1.54, 1.807) is 19.1 Å². The number of amides is 1. The topological polar surface area (TPSA) is 76.1 Å². The predicted octanol–water partition coefficient (Wildman–Crippen LogP) is 0.750. The SMILES string of the molecule is COC1CN(C(=O)[C@@H]2CCCC[C@@H]2C(=O)O)CC1OC. The van der Waals surface area contributed by atoms with E-state index in [0.29, 0.717) is 25.9 Å². The molecule has 1 N–H and O–H groups in total. The summed E-state index contributed by atoms with van der Waals surface area (Å²) in [6, 6.07) is 0. The van der Waals surface area contributed by atoms with E-state index in [2.05, 4.69) is 0 Å². The van der Waals surface area contributed by atoms with Crippen LogP contribution >= 0.6 is 0 Å². The molecule has 114 valence electrons. The van der Waals surface area contributed by atoms with Gasteiger partial charge in [-0.25, -0.2) is 0 Å². The normalized spacial score (nSPS) is 34.2. The predicted molar refractivity (Wildman–Crippen MR) is 71.3 cm³/mol. The molecule has 0 aromatic carbocycles. The highest BCUT2D eigenvalue weighted by atomic mass is 16.5. The average molecular weight is 285 g/mol. The molecule has 2 fully saturated rings. The highest BCUT2D eigenvalue weighted by Crippen LogP contribution is 2.33. The third kappa shape index (κ3) is 2.96. The summed E-state index contributed by atoms with van der Waals surface area (Å²) in [5.74, 6) is -1.85. The molecule has 2 rings (SSSR count). The van der Waals surface area contributed by atoms with Gasteiger partial charge in [0.2, 0.25) is 5.91 Å². The maximum atomic E-state index is 12.6. The monoisotopic (exact) mass is 285 g/mol. The highest BCUT2D eigenvalue weighted by Gasteiger charge is 2.42. The van der Waals surface area contributed by atoms with Crippen LogP contribution in [0.3, 0.4) is 0 Å². The Morgan fingerprint density at radius 2 is 1.50 bits per heavy atom. The molecular weight excluding hydrogens is 262 g/mol. The molecule has 0 bridgehead atoms. The van der Waals surface area contributed by atoms with Gasteiger partial charge in [0.1, 0.15) is 12.2 Å². The zero-order valence-electron chi connectivity index (χ0n) is 12.1. The summed E-state index contributed by atoms with van der Waals surface area (Å²) >= 11 is 0. The Bertz CT molecular complexity index is 361. The summed E-state index contributed by atoms with van der Waals surface area (Å²) in [5, 5.41) is 9.28. The van der Waals surface area contributed by atoms with Crippen molar-refractivity contribution in [2.45, 2.75) is 37.9 Å². The maximum Gasteiger partial charge on any atom is 0.307 e. The van der Waals surface area contributed by atoms with Crippen LogP contribution in [0.5, 0.6) is 0 Å². The fourth-order valence-electron chi connectivity index (χ4n) is 3.33. The van der Waals surface area contributed by atoms with Gasteiger partial charge in [0, 0.05) is 27.3 Å². The van der Waals surface area contributed by atoms with Crippen LogP contribution in [0.25, 0.3) is 0 Å². The average Bonchev–Trinajstić information content (AvgIpc) is 2.89. The van der Waals surface area contributed by atoms with Gasteiger partial charge in [-0.3, -0.25) is 9.59 Å². The number of aliphatic carboxylic acids is 1. The van der Waals surface area contributed by atoms with E-state index in [4.69, 9.17) is 9.47 Å². The Labute approximate surface area is 119 Å². The van der Waals surface area contributed by atoms with Gasteiger partial charge in [-0.2, -0.15) is 0 Å². The van der Waals surface area contributed by atoms with Crippen LogP contribution in [0.4, 0.5) is 0 Å². The van der Waals surface area contributed by atoms with Crippen molar-refractivity contribution in [3.8, 4) is 0 Å². The van der Waals surface area contributed by atoms with E-state index in [1.807, 2.05) is 0 Å². The summed E-state index contributed by atoms with van der Waals surface area (Å²) in [5.41, 5.74) is 0. The van der Waals surface area contributed by atoms with Crippen molar-refractivity contribution in [3.05, 3.63) is 0 Å². The van der Waals surface area contributed by atoms with Crippen LogP contribution in [0.15, 0.2) is 0 Å². The lowest BCUT2D eigenvalue weighted by molar-refractivity contribution is -0.152. The molecule has 0 radical (unpaired) electrons. The molecule has 0 aromatic heterocycles. The first-order valence-corrected chi connectivity index (χ1v) is 7.15. The third-order valence-electron chi connectivity index (χ3n) is 4.53. The van der Waals surface area contributed by atoms with Crippen molar-refractivity contribution in [1.82, 2.24) is 4.90 Å².